The van der Waals surface area contributed by atoms with Gasteiger partial charge in [0.1, 0.15) is 12.1 Å². The molecule has 1 aromatic rings. The van der Waals surface area contributed by atoms with Crippen LogP contribution in [-0.4, -0.2) is 52.2 Å². The number of carbonyl (C=O) groups excluding carboxylic acids is 1. The molecule has 0 bridgehead atoms. The van der Waals surface area contributed by atoms with Crippen molar-refractivity contribution in [1.29, 1.82) is 0 Å². The minimum Gasteiger partial charge on any atom is -0.339 e. The number of piperidine rings is 1. The zero-order valence-electron chi connectivity index (χ0n) is 15.9. The van der Waals surface area contributed by atoms with Crippen LogP contribution in [0.4, 0.5) is 13.6 Å². The van der Waals surface area contributed by atoms with Crippen LogP contribution in [0.25, 0.3) is 0 Å². The third-order valence-corrected chi connectivity index (χ3v) is 6.33. The third kappa shape index (κ3) is 3.60. The lowest BCUT2D eigenvalue weighted by Gasteiger charge is -2.40. The Morgan fingerprint density at radius 1 is 1.25 bits per heavy atom. The van der Waals surface area contributed by atoms with Crippen molar-refractivity contribution in [3.63, 3.8) is 0 Å². The fraction of sp³-hybridized carbons (Fsp3) is 0.833. The molecule has 4 rings (SSSR count). The molecule has 1 saturated heterocycles. The predicted molar refractivity (Wildman–Crippen MR) is 95.1 cm³/mol. The summed E-state index contributed by atoms with van der Waals surface area (Å²) >= 11 is 0. The molecule has 2 heterocycles. The Kier molecular flexibility index (Phi) is 4.83. The SMILES string of the molecule is CC1(c2noc(C3CC3)n2)CCN(C(=O)N[C@@H]2C(N=O)CCCC2(F)F)CC1. The zero-order chi connectivity index (χ0) is 19.9. The molecule has 2 atom stereocenters. The Morgan fingerprint density at radius 2 is 1.96 bits per heavy atom. The topological polar surface area (TPSA) is 101 Å². The van der Waals surface area contributed by atoms with Crippen LogP contribution in [0.15, 0.2) is 9.70 Å². The van der Waals surface area contributed by atoms with Gasteiger partial charge in [-0.3, -0.25) is 0 Å². The molecule has 154 valence electrons. The summed E-state index contributed by atoms with van der Waals surface area (Å²) in [5, 5.41) is 9.31. The number of rotatable bonds is 4. The van der Waals surface area contributed by atoms with E-state index < -0.39 is 24.0 Å². The first-order valence-electron chi connectivity index (χ1n) is 9.92. The first kappa shape index (κ1) is 19.2. The highest BCUT2D eigenvalue weighted by atomic mass is 19.3. The van der Waals surface area contributed by atoms with Crippen molar-refractivity contribution >= 4 is 6.03 Å². The van der Waals surface area contributed by atoms with Crippen molar-refractivity contribution in [3.05, 3.63) is 16.6 Å². The molecular weight excluding hydrogens is 372 g/mol. The molecule has 0 spiro atoms. The molecule has 1 unspecified atom stereocenters. The maximum absolute atomic E-state index is 14.2. The highest BCUT2D eigenvalue weighted by molar-refractivity contribution is 5.75. The van der Waals surface area contributed by atoms with E-state index in [0.717, 1.165) is 12.8 Å². The van der Waals surface area contributed by atoms with Gasteiger partial charge >= 0.3 is 6.03 Å². The van der Waals surface area contributed by atoms with E-state index in [9.17, 15) is 18.5 Å². The Labute approximate surface area is 161 Å². The van der Waals surface area contributed by atoms with Crippen molar-refractivity contribution in [1.82, 2.24) is 20.4 Å². The Hall–Kier alpha value is -2.13. The lowest BCUT2D eigenvalue weighted by molar-refractivity contribution is -0.0674. The molecule has 2 saturated carbocycles. The molecule has 10 heteroatoms. The maximum Gasteiger partial charge on any atom is 0.317 e. The lowest BCUT2D eigenvalue weighted by atomic mass is 9.79. The number of hydrogen-bond acceptors (Lipinski definition) is 6. The summed E-state index contributed by atoms with van der Waals surface area (Å²) in [6.45, 7) is 2.83. The maximum atomic E-state index is 14.2. The van der Waals surface area contributed by atoms with Crippen LogP contribution < -0.4 is 5.32 Å². The number of alkyl halides is 2. The number of hydrogen-bond donors (Lipinski definition) is 1. The lowest BCUT2D eigenvalue weighted by Crippen LogP contribution is -2.59. The zero-order valence-corrected chi connectivity index (χ0v) is 15.9. The van der Waals surface area contributed by atoms with E-state index in [2.05, 4.69) is 20.6 Å². The van der Waals surface area contributed by atoms with Gasteiger partial charge in [-0.1, -0.05) is 17.3 Å². The summed E-state index contributed by atoms with van der Waals surface area (Å²) in [6.07, 6.45) is 3.53. The van der Waals surface area contributed by atoms with Gasteiger partial charge in [0.2, 0.25) is 5.89 Å². The highest BCUT2D eigenvalue weighted by Gasteiger charge is 2.49. The monoisotopic (exact) mass is 397 g/mol. The average molecular weight is 397 g/mol. The number of nitrogens with zero attached hydrogens (tertiary/aromatic N) is 4. The van der Waals surface area contributed by atoms with Gasteiger partial charge in [-0.15, -0.1) is 0 Å². The van der Waals surface area contributed by atoms with Crippen LogP contribution in [-0.2, 0) is 5.41 Å². The average Bonchev–Trinajstić information content (AvgIpc) is 3.39. The molecule has 2 aliphatic carbocycles. The first-order valence-corrected chi connectivity index (χ1v) is 9.92. The van der Waals surface area contributed by atoms with E-state index in [1.54, 1.807) is 0 Å². The summed E-state index contributed by atoms with van der Waals surface area (Å²) < 4.78 is 33.7. The van der Waals surface area contributed by atoms with Crippen molar-refractivity contribution in [3.8, 4) is 0 Å². The van der Waals surface area contributed by atoms with Crippen molar-refractivity contribution < 1.29 is 18.1 Å². The largest absolute Gasteiger partial charge is 0.339 e. The molecule has 1 aromatic heterocycles. The van der Waals surface area contributed by atoms with Crippen LogP contribution in [0.5, 0.6) is 0 Å². The second kappa shape index (κ2) is 7.04. The molecule has 2 amide bonds. The van der Waals surface area contributed by atoms with E-state index in [1.807, 2.05) is 6.92 Å². The summed E-state index contributed by atoms with van der Waals surface area (Å²) in [4.78, 5) is 29.5. The van der Waals surface area contributed by atoms with E-state index in [1.165, 1.54) is 4.90 Å². The number of nitroso groups, excluding NO2 is 1. The van der Waals surface area contributed by atoms with Gasteiger partial charge in [-0.25, -0.2) is 13.6 Å². The molecule has 3 aliphatic rings. The minimum atomic E-state index is -3.12. The number of likely N-dealkylation sites (tertiary alicyclic amines) is 1. The summed E-state index contributed by atoms with van der Waals surface area (Å²) in [6, 6.07) is -3.21. The number of aromatic nitrogens is 2. The molecule has 3 fully saturated rings. The fourth-order valence-electron chi connectivity index (χ4n) is 4.09. The van der Waals surface area contributed by atoms with E-state index in [0.29, 0.717) is 43.6 Å². The number of halogens is 2. The fourth-order valence-corrected chi connectivity index (χ4v) is 4.09. The second-order valence-electron chi connectivity index (χ2n) is 8.53. The summed E-state index contributed by atoms with van der Waals surface area (Å²) in [5.41, 5.74) is -0.310. The van der Waals surface area contributed by atoms with E-state index in [-0.39, 0.29) is 24.7 Å². The van der Waals surface area contributed by atoms with Gasteiger partial charge < -0.3 is 14.7 Å². The third-order valence-electron chi connectivity index (χ3n) is 6.33. The van der Waals surface area contributed by atoms with Crippen LogP contribution in [0, 0.1) is 4.91 Å². The predicted octanol–water partition coefficient (Wildman–Crippen LogP) is 3.33. The van der Waals surface area contributed by atoms with Crippen molar-refractivity contribution in [2.45, 2.75) is 81.2 Å². The van der Waals surface area contributed by atoms with Crippen LogP contribution in [0.2, 0.25) is 0 Å². The van der Waals surface area contributed by atoms with Gasteiger partial charge in [0.15, 0.2) is 5.82 Å². The summed E-state index contributed by atoms with van der Waals surface area (Å²) in [5.74, 6) is -1.41. The van der Waals surface area contributed by atoms with Gasteiger partial charge in [0.05, 0.1) is 0 Å². The standard InChI is InChI=1S/C18H25F2N5O3/c1-17(15-22-14(28-24-15)11-4-5-11)7-9-25(10-8-17)16(26)21-13-12(23-27)3-2-6-18(13,19)20/h11-13H,2-10H2,1H3,(H,21,26)/t12?,13-/m1/s1. The van der Waals surface area contributed by atoms with E-state index >= 15 is 0 Å². The molecular formula is C18H25F2N5O3. The van der Waals surface area contributed by atoms with Crippen molar-refractivity contribution in [2.75, 3.05) is 13.1 Å². The van der Waals surface area contributed by atoms with Crippen LogP contribution in [0.3, 0.4) is 0 Å². The molecule has 1 aliphatic heterocycles. The Bertz CT molecular complexity index is 743. The van der Waals surface area contributed by atoms with E-state index in [4.69, 9.17) is 4.52 Å². The number of amides is 2. The molecule has 1 N–H and O–H groups in total. The number of urea groups is 1. The number of carbonyl (C=O) groups is 1. The van der Waals surface area contributed by atoms with Gasteiger partial charge in [-0.2, -0.15) is 9.89 Å². The molecule has 0 aromatic carbocycles. The second-order valence-corrected chi connectivity index (χ2v) is 8.53. The van der Waals surface area contributed by atoms with Crippen LogP contribution >= 0.6 is 0 Å². The number of nitrogens with one attached hydrogen (secondary N) is 1. The molecule has 0 radical (unpaired) electrons. The van der Waals surface area contributed by atoms with Gasteiger partial charge in [0.25, 0.3) is 5.92 Å². The Balaban J connectivity index is 1.37. The smallest absolute Gasteiger partial charge is 0.317 e. The van der Waals surface area contributed by atoms with Gasteiger partial charge in [0, 0.05) is 30.8 Å². The quantitative estimate of drug-likeness (QED) is 0.786. The summed E-state index contributed by atoms with van der Waals surface area (Å²) in [7, 11) is 0. The van der Waals surface area contributed by atoms with Gasteiger partial charge in [-0.05, 0) is 38.5 Å². The molecule has 8 nitrogen and oxygen atoms in total. The van der Waals surface area contributed by atoms with Crippen molar-refractivity contribution in [2.24, 2.45) is 5.18 Å². The first-order chi connectivity index (χ1) is 13.3. The van der Waals surface area contributed by atoms with Crippen LogP contribution in [0.1, 0.15) is 69.5 Å². The normalized spacial score (nSPS) is 29.3. The highest BCUT2D eigenvalue weighted by Crippen LogP contribution is 2.41. The Morgan fingerprint density at radius 3 is 2.61 bits per heavy atom. The molecule has 28 heavy (non-hydrogen) atoms. The minimum absolute atomic E-state index is 0.228.